The number of benzene rings is 1. The Morgan fingerprint density at radius 2 is 2.00 bits per heavy atom. The Hall–Kier alpha value is -0.810. The molecule has 3 nitrogen and oxygen atoms in total. The van der Waals surface area contributed by atoms with Gasteiger partial charge in [0.25, 0.3) is 0 Å². The third-order valence-corrected chi connectivity index (χ3v) is 2.56. The lowest BCUT2D eigenvalue weighted by atomic mass is 10.2. The number of carbonyl (C=O) groups excluding carboxylic acids is 1. The van der Waals surface area contributed by atoms with Crippen molar-refractivity contribution < 1.29 is 9.63 Å². The summed E-state index contributed by atoms with van der Waals surface area (Å²) in [6.45, 7) is 1.33. The Morgan fingerprint density at radius 3 is 2.47 bits per heavy atom. The first-order chi connectivity index (χ1) is 7.13. The standard InChI is InChI=1S/C10H9Br2NO2/c1-7(14)15-13-10(6-11)8-2-4-9(12)5-3-8/h2-6,13H,1H3. The molecule has 1 rings (SSSR count). The second-order valence-corrected chi connectivity index (χ2v) is 4.10. The van der Waals surface area contributed by atoms with Crippen LogP contribution in [0.15, 0.2) is 33.7 Å². The fourth-order valence-corrected chi connectivity index (χ4v) is 1.52. The molecule has 0 fully saturated rings. The molecule has 0 saturated heterocycles. The number of hydrogen-bond acceptors (Lipinski definition) is 3. The Morgan fingerprint density at radius 1 is 1.40 bits per heavy atom. The zero-order chi connectivity index (χ0) is 11.3. The summed E-state index contributed by atoms with van der Waals surface area (Å²) in [7, 11) is 0. The van der Waals surface area contributed by atoms with Crippen molar-refractivity contribution in [3.8, 4) is 0 Å². The van der Waals surface area contributed by atoms with Crippen molar-refractivity contribution in [2.24, 2.45) is 0 Å². The Bertz CT molecular complexity index is 374. The average Bonchev–Trinajstić information content (AvgIpc) is 2.21. The molecule has 0 atom stereocenters. The summed E-state index contributed by atoms with van der Waals surface area (Å²) in [5, 5.41) is 0. The van der Waals surface area contributed by atoms with E-state index in [4.69, 9.17) is 0 Å². The molecule has 1 aromatic carbocycles. The minimum atomic E-state index is -0.390. The third-order valence-electron chi connectivity index (χ3n) is 1.57. The van der Waals surface area contributed by atoms with Crippen LogP contribution in [0.1, 0.15) is 12.5 Å². The van der Waals surface area contributed by atoms with Crippen molar-refractivity contribution in [3.05, 3.63) is 39.3 Å². The number of nitrogens with one attached hydrogen (secondary N) is 1. The quantitative estimate of drug-likeness (QED) is 0.862. The molecule has 5 heteroatoms. The molecular weight excluding hydrogens is 326 g/mol. The van der Waals surface area contributed by atoms with E-state index in [1.165, 1.54) is 6.92 Å². The normalized spacial score (nSPS) is 11.0. The summed E-state index contributed by atoms with van der Waals surface area (Å²) < 4.78 is 0.993. The van der Waals surface area contributed by atoms with Gasteiger partial charge in [-0.05, 0) is 12.1 Å². The molecular formula is C10H9Br2NO2. The van der Waals surface area contributed by atoms with E-state index in [0.717, 1.165) is 10.0 Å². The van der Waals surface area contributed by atoms with Gasteiger partial charge >= 0.3 is 5.97 Å². The van der Waals surface area contributed by atoms with Crippen LogP contribution in [0.5, 0.6) is 0 Å². The van der Waals surface area contributed by atoms with Crippen molar-refractivity contribution in [2.45, 2.75) is 6.92 Å². The van der Waals surface area contributed by atoms with Gasteiger partial charge in [-0.1, -0.05) is 44.0 Å². The van der Waals surface area contributed by atoms with Gasteiger partial charge in [0.15, 0.2) is 0 Å². The topological polar surface area (TPSA) is 38.3 Å². The van der Waals surface area contributed by atoms with Crippen molar-refractivity contribution >= 4 is 43.5 Å². The molecule has 0 aliphatic heterocycles. The Kier molecular flexibility index (Phi) is 4.84. The second kappa shape index (κ2) is 5.92. The van der Waals surface area contributed by atoms with Crippen LogP contribution < -0.4 is 5.48 Å². The van der Waals surface area contributed by atoms with Crippen molar-refractivity contribution in [1.29, 1.82) is 0 Å². The van der Waals surface area contributed by atoms with Gasteiger partial charge in [0, 0.05) is 21.9 Å². The van der Waals surface area contributed by atoms with Crippen LogP contribution in [0.25, 0.3) is 5.70 Å². The SMILES string of the molecule is CC(=O)ONC(=CBr)c1ccc(Br)cc1. The second-order valence-electron chi connectivity index (χ2n) is 2.73. The Labute approximate surface area is 105 Å². The maximum absolute atomic E-state index is 10.6. The van der Waals surface area contributed by atoms with Gasteiger partial charge in [-0.2, -0.15) is 0 Å². The fourth-order valence-electron chi connectivity index (χ4n) is 0.900. The number of carbonyl (C=O) groups is 1. The summed E-state index contributed by atoms with van der Waals surface area (Å²) in [5.74, 6) is -0.390. The van der Waals surface area contributed by atoms with Crippen LogP contribution in [-0.2, 0) is 9.63 Å². The largest absolute Gasteiger partial charge is 0.344 e. The molecule has 0 bridgehead atoms. The van der Waals surface area contributed by atoms with Gasteiger partial charge in [0.2, 0.25) is 0 Å². The predicted molar refractivity (Wildman–Crippen MR) is 65.9 cm³/mol. The zero-order valence-corrected chi connectivity index (χ0v) is 11.1. The van der Waals surface area contributed by atoms with E-state index in [-0.39, 0.29) is 5.97 Å². The van der Waals surface area contributed by atoms with E-state index in [9.17, 15) is 4.79 Å². The first-order valence-electron chi connectivity index (χ1n) is 4.13. The highest BCUT2D eigenvalue weighted by Gasteiger charge is 2.02. The lowest BCUT2D eigenvalue weighted by Gasteiger charge is -2.08. The fraction of sp³-hybridized carbons (Fsp3) is 0.100. The first kappa shape index (κ1) is 12.3. The molecule has 1 aromatic rings. The van der Waals surface area contributed by atoms with E-state index < -0.39 is 0 Å². The number of halogens is 2. The van der Waals surface area contributed by atoms with Crippen LogP contribution in [0.3, 0.4) is 0 Å². The van der Waals surface area contributed by atoms with E-state index >= 15 is 0 Å². The van der Waals surface area contributed by atoms with E-state index in [1.807, 2.05) is 24.3 Å². The average molecular weight is 335 g/mol. The van der Waals surface area contributed by atoms with Crippen molar-refractivity contribution in [1.82, 2.24) is 5.48 Å². The Balaban J connectivity index is 2.75. The number of hydrogen-bond donors (Lipinski definition) is 1. The first-order valence-corrected chi connectivity index (χ1v) is 5.84. The molecule has 0 spiro atoms. The smallest absolute Gasteiger partial charge is 0.329 e. The predicted octanol–water partition coefficient (Wildman–Crippen LogP) is 3.21. The van der Waals surface area contributed by atoms with Crippen molar-refractivity contribution in [2.75, 3.05) is 0 Å². The van der Waals surface area contributed by atoms with Crippen LogP contribution >= 0.6 is 31.9 Å². The highest BCUT2D eigenvalue weighted by Crippen LogP contribution is 2.17. The minimum Gasteiger partial charge on any atom is -0.344 e. The molecule has 15 heavy (non-hydrogen) atoms. The summed E-state index contributed by atoms with van der Waals surface area (Å²) in [5.41, 5.74) is 4.15. The zero-order valence-electron chi connectivity index (χ0n) is 7.96. The third kappa shape index (κ3) is 4.05. The van der Waals surface area contributed by atoms with E-state index in [2.05, 4.69) is 42.2 Å². The monoisotopic (exact) mass is 333 g/mol. The maximum Gasteiger partial charge on any atom is 0.329 e. The van der Waals surface area contributed by atoms with Crippen molar-refractivity contribution in [3.63, 3.8) is 0 Å². The van der Waals surface area contributed by atoms with E-state index in [0.29, 0.717) is 5.70 Å². The molecule has 0 amide bonds. The van der Waals surface area contributed by atoms with Crippen LogP contribution in [0.4, 0.5) is 0 Å². The van der Waals surface area contributed by atoms with Crippen LogP contribution in [0, 0.1) is 0 Å². The van der Waals surface area contributed by atoms with Crippen LogP contribution in [0.2, 0.25) is 0 Å². The molecule has 0 aliphatic carbocycles. The highest BCUT2D eigenvalue weighted by atomic mass is 79.9. The van der Waals surface area contributed by atoms with E-state index in [1.54, 1.807) is 4.99 Å². The molecule has 0 aliphatic rings. The molecule has 0 heterocycles. The van der Waals surface area contributed by atoms with Gasteiger partial charge in [-0.25, -0.2) is 5.48 Å². The van der Waals surface area contributed by atoms with Gasteiger partial charge in [0.1, 0.15) is 0 Å². The van der Waals surface area contributed by atoms with Gasteiger partial charge in [-0.3, -0.25) is 4.79 Å². The number of hydroxylamine groups is 1. The molecule has 0 saturated carbocycles. The lowest BCUT2D eigenvalue weighted by molar-refractivity contribution is -0.145. The molecule has 0 radical (unpaired) electrons. The number of rotatable bonds is 3. The van der Waals surface area contributed by atoms with Gasteiger partial charge in [0.05, 0.1) is 5.70 Å². The summed E-state index contributed by atoms with van der Waals surface area (Å²) in [6, 6.07) is 7.60. The molecule has 80 valence electrons. The lowest BCUT2D eigenvalue weighted by Crippen LogP contribution is -2.16. The highest BCUT2D eigenvalue weighted by molar-refractivity contribution is 9.11. The van der Waals surface area contributed by atoms with Gasteiger partial charge in [-0.15, -0.1) is 0 Å². The molecule has 0 aromatic heterocycles. The molecule has 0 unspecified atom stereocenters. The van der Waals surface area contributed by atoms with Gasteiger partial charge < -0.3 is 4.84 Å². The summed E-state index contributed by atoms with van der Waals surface area (Å²) in [4.78, 5) is 16.9. The maximum atomic E-state index is 10.6. The minimum absolute atomic E-state index is 0.390. The molecule has 1 N–H and O–H groups in total. The van der Waals surface area contributed by atoms with Crippen LogP contribution in [-0.4, -0.2) is 5.97 Å². The summed E-state index contributed by atoms with van der Waals surface area (Å²) in [6.07, 6.45) is 0. The summed E-state index contributed by atoms with van der Waals surface area (Å²) >= 11 is 6.54.